The molecule has 0 rings (SSSR count). The van der Waals surface area contributed by atoms with Crippen LogP contribution in [0.25, 0.3) is 0 Å². The lowest BCUT2D eigenvalue weighted by Crippen LogP contribution is -2.36. The van der Waals surface area contributed by atoms with Gasteiger partial charge < -0.3 is 4.74 Å². The fraction of sp³-hybridized carbons (Fsp3) is 1.00. The standard InChI is InChI=1S/C11H24ClNO/c1-10(2)9-13(11(3)4)6-8-14-7-5-12/h10-11H,5-9H2,1-4H3. The Kier molecular flexibility index (Phi) is 8.64. The molecule has 3 heteroatoms. The van der Waals surface area contributed by atoms with Gasteiger partial charge in [0.15, 0.2) is 0 Å². The van der Waals surface area contributed by atoms with Gasteiger partial charge in [0.2, 0.25) is 0 Å². The molecule has 0 saturated heterocycles. The molecule has 0 atom stereocenters. The second-order valence-corrected chi connectivity index (χ2v) is 4.66. The van der Waals surface area contributed by atoms with Crippen molar-refractivity contribution in [2.45, 2.75) is 33.7 Å². The molecule has 0 fully saturated rings. The van der Waals surface area contributed by atoms with Crippen molar-refractivity contribution in [3.8, 4) is 0 Å². The topological polar surface area (TPSA) is 12.5 Å². The summed E-state index contributed by atoms with van der Waals surface area (Å²) in [5.41, 5.74) is 0. The first kappa shape index (κ1) is 14.2. The number of halogens is 1. The molecule has 2 nitrogen and oxygen atoms in total. The fourth-order valence-corrected chi connectivity index (χ4v) is 1.48. The van der Waals surface area contributed by atoms with Gasteiger partial charge >= 0.3 is 0 Å². The Hall–Kier alpha value is 0.210. The second kappa shape index (κ2) is 8.51. The average Bonchev–Trinajstić information content (AvgIpc) is 2.09. The van der Waals surface area contributed by atoms with Crippen LogP contribution in [-0.4, -0.2) is 43.1 Å². The normalized spacial score (nSPS) is 12.0. The lowest BCUT2D eigenvalue weighted by atomic mass is 10.2. The quantitative estimate of drug-likeness (QED) is 0.462. The molecule has 0 aliphatic rings. The average molecular weight is 222 g/mol. The van der Waals surface area contributed by atoms with Gasteiger partial charge in [0.25, 0.3) is 0 Å². The Morgan fingerprint density at radius 1 is 1.14 bits per heavy atom. The number of rotatable bonds is 8. The van der Waals surface area contributed by atoms with Crippen molar-refractivity contribution < 1.29 is 4.74 Å². The van der Waals surface area contributed by atoms with Crippen molar-refractivity contribution in [3.63, 3.8) is 0 Å². The zero-order chi connectivity index (χ0) is 11.0. The predicted octanol–water partition coefficient (Wildman–Crippen LogP) is 2.61. The molecular weight excluding hydrogens is 198 g/mol. The van der Waals surface area contributed by atoms with Crippen LogP contribution in [-0.2, 0) is 4.74 Å². The van der Waals surface area contributed by atoms with E-state index in [2.05, 4.69) is 32.6 Å². The van der Waals surface area contributed by atoms with Gasteiger partial charge in [0.05, 0.1) is 13.2 Å². The third-order valence-electron chi connectivity index (χ3n) is 2.07. The zero-order valence-electron chi connectivity index (χ0n) is 9.92. The van der Waals surface area contributed by atoms with Gasteiger partial charge in [-0.05, 0) is 19.8 Å². The Balaban J connectivity index is 3.63. The van der Waals surface area contributed by atoms with Gasteiger partial charge in [-0.1, -0.05) is 13.8 Å². The van der Waals surface area contributed by atoms with Gasteiger partial charge in [-0.15, -0.1) is 11.6 Å². The Bertz CT molecular complexity index is 128. The number of nitrogens with zero attached hydrogens (tertiary/aromatic N) is 1. The van der Waals surface area contributed by atoms with E-state index >= 15 is 0 Å². The first-order valence-electron chi connectivity index (χ1n) is 5.45. The maximum absolute atomic E-state index is 5.53. The summed E-state index contributed by atoms with van der Waals surface area (Å²) < 4.78 is 5.37. The van der Waals surface area contributed by atoms with E-state index in [1.165, 1.54) is 0 Å². The fourth-order valence-electron chi connectivity index (χ4n) is 1.37. The zero-order valence-corrected chi connectivity index (χ0v) is 10.7. The molecule has 0 radical (unpaired) electrons. The summed E-state index contributed by atoms with van der Waals surface area (Å²) in [6.07, 6.45) is 0. The summed E-state index contributed by atoms with van der Waals surface area (Å²) in [4.78, 5) is 2.44. The van der Waals surface area contributed by atoms with Crippen molar-refractivity contribution >= 4 is 11.6 Å². The third-order valence-corrected chi connectivity index (χ3v) is 2.23. The number of ether oxygens (including phenoxy) is 1. The van der Waals surface area contributed by atoms with E-state index in [-0.39, 0.29) is 0 Å². The van der Waals surface area contributed by atoms with Gasteiger partial charge in [0, 0.05) is 25.0 Å². The van der Waals surface area contributed by atoms with Crippen LogP contribution < -0.4 is 0 Å². The molecule has 0 aliphatic heterocycles. The van der Waals surface area contributed by atoms with E-state index in [9.17, 15) is 0 Å². The van der Waals surface area contributed by atoms with Gasteiger partial charge in [-0.2, -0.15) is 0 Å². The summed E-state index contributed by atoms with van der Waals surface area (Å²) in [6.45, 7) is 12.5. The predicted molar refractivity (Wildman–Crippen MR) is 63.1 cm³/mol. The van der Waals surface area contributed by atoms with Gasteiger partial charge in [-0.25, -0.2) is 0 Å². The van der Waals surface area contributed by atoms with E-state index in [1.807, 2.05) is 0 Å². The highest BCUT2D eigenvalue weighted by Gasteiger charge is 2.10. The van der Waals surface area contributed by atoms with Crippen LogP contribution in [0, 0.1) is 5.92 Å². The molecule has 14 heavy (non-hydrogen) atoms. The monoisotopic (exact) mass is 221 g/mol. The maximum atomic E-state index is 5.53. The van der Waals surface area contributed by atoms with Crippen LogP contribution in [0.15, 0.2) is 0 Å². The van der Waals surface area contributed by atoms with Gasteiger partial charge in [0.1, 0.15) is 0 Å². The van der Waals surface area contributed by atoms with Crippen LogP contribution >= 0.6 is 11.6 Å². The molecule has 0 spiro atoms. The summed E-state index contributed by atoms with van der Waals surface area (Å²) in [5.74, 6) is 1.30. The third kappa shape index (κ3) is 7.60. The van der Waals surface area contributed by atoms with E-state index in [0.717, 1.165) is 19.7 Å². The van der Waals surface area contributed by atoms with E-state index < -0.39 is 0 Å². The summed E-state index contributed by atoms with van der Waals surface area (Å²) in [5, 5.41) is 0. The molecular formula is C11H24ClNO. The Morgan fingerprint density at radius 3 is 2.21 bits per heavy atom. The van der Waals surface area contributed by atoms with Crippen LogP contribution in [0.2, 0.25) is 0 Å². The van der Waals surface area contributed by atoms with Crippen LogP contribution in [0.1, 0.15) is 27.7 Å². The molecule has 0 aromatic rings. The first-order valence-corrected chi connectivity index (χ1v) is 5.99. The molecule has 0 saturated carbocycles. The molecule has 0 N–H and O–H groups in total. The maximum Gasteiger partial charge on any atom is 0.0602 e. The molecule has 0 heterocycles. The summed E-state index contributed by atoms with van der Waals surface area (Å²) in [6, 6.07) is 0.594. The summed E-state index contributed by atoms with van der Waals surface area (Å²) in [7, 11) is 0. The van der Waals surface area contributed by atoms with E-state index in [1.54, 1.807) is 0 Å². The van der Waals surface area contributed by atoms with Crippen molar-refractivity contribution in [1.29, 1.82) is 0 Å². The molecule has 0 aromatic carbocycles. The SMILES string of the molecule is CC(C)CN(CCOCCCl)C(C)C. The van der Waals surface area contributed by atoms with Crippen LogP contribution in [0.5, 0.6) is 0 Å². The van der Waals surface area contributed by atoms with Crippen LogP contribution in [0.3, 0.4) is 0 Å². The number of hydrogen-bond acceptors (Lipinski definition) is 2. The number of alkyl halides is 1. The second-order valence-electron chi connectivity index (χ2n) is 4.28. The Morgan fingerprint density at radius 2 is 1.79 bits per heavy atom. The highest BCUT2D eigenvalue weighted by Crippen LogP contribution is 2.03. The highest BCUT2D eigenvalue weighted by atomic mass is 35.5. The molecule has 86 valence electrons. The van der Waals surface area contributed by atoms with E-state index in [4.69, 9.17) is 16.3 Å². The highest BCUT2D eigenvalue weighted by molar-refractivity contribution is 6.17. The van der Waals surface area contributed by atoms with Crippen molar-refractivity contribution in [2.24, 2.45) is 5.92 Å². The minimum absolute atomic E-state index is 0.589. The van der Waals surface area contributed by atoms with Crippen LogP contribution in [0.4, 0.5) is 0 Å². The van der Waals surface area contributed by atoms with Crippen molar-refractivity contribution in [3.05, 3.63) is 0 Å². The molecule has 0 aromatic heterocycles. The number of hydrogen-bond donors (Lipinski definition) is 0. The van der Waals surface area contributed by atoms with Crippen molar-refractivity contribution in [2.75, 3.05) is 32.2 Å². The first-order chi connectivity index (χ1) is 6.57. The largest absolute Gasteiger partial charge is 0.379 e. The Labute approximate surface area is 93.6 Å². The lowest BCUT2D eigenvalue weighted by Gasteiger charge is -2.27. The molecule has 0 amide bonds. The minimum Gasteiger partial charge on any atom is -0.379 e. The minimum atomic E-state index is 0.589. The van der Waals surface area contributed by atoms with Gasteiger partial charge in [-0.3, -0.25) is 4.90 Å². The molecule has 0 unspecified atom stereocenters. The molecule has 0 bridgehead atoms. The van der Waals surface area contributed by atoms with Crippen molar-refractivity contribution in [1.82, 2.24) is 4.90 Å². The lowest BCUT2D eigenvalue weighted by molar-refractivity contribution is 0.0958. The molecule has 0 aliphatic carbocycles. The summed E-state index contributed by atoms with van der Waals surface area (Å²) >= 11 is 5.53. The van der Waals surface area contributed by atoms with E-state index in [0.29, 0.717) is 24.4 Å². The smallest absolute Gasteiger partial charge is 0.0602 e.